The molecule has 86 valence electrons. The molecule has 1 aromatic heterocycles. The summed E-state index contributed by atoms with van der Waals surface area (Å²) < 4.78 is 1.61. The zero-order chi connectivity index (χ0) is 12.6. The Kier molecular flexibility index (Phi) is 2.78. The molecule has 0 unspecified atom stereocenters. The number of aromatic nitrogens is 2. The number of halogens is 1. The van der Waals surface area contributed by atoms with Crippen molar-refractivity contribution < 1.29 is 0 Å². The van der Waals surface area contributed by atoms with Gasteiger partial charge < -0.3 is 5.73 Å². The van der Waals surface area contributed by atoms with Gasteiger partial charge in [-0.15, -0.1) is 0 Å². The number of nitrogens with two attached hydrogens (primary N) is 1. The second kappa shape index (κ2) is 4.11. The number of rotatable bonds is 1. The third kappa shape index (κ3) is 1.85. The number of aryl methyl sites for hydroxylation is 2. The van der Waals surface area contributed by atoms with Crippen LogP contribution < -0.4 is 5.73 Å². The topological polar surface area (TPSA) is 67.6 Å². The fraction of sp³-hybridized carbons (Fsp3) is 0.167. The van der Waals surface area contributed by atoms with E-state index in [4.69, 9.17) is 22.6 Å². The predicted octanol–water partition coefficient (Wildman–Crippen LogP) is 2.50. The Balaban J connectivity index is 2.66. The first-order valence-electron chi connectivity index (χ1n) is 5.03. The number of hydrogen-bond donors (Lipinski definition) is 1. The molecule has 0 amide bonds. The third-order valence-electron chi connectivity index (χ3n) is 2.63. The molecule has 1 aromatic carbocycles. The predicted molar refractivity (Wildman–Crippen MR) is 67.5 cm³/mol. The van der Waals surface area contributed by atoms with Crippen molar-refractivity contribution in [1.29, 1.82) is 5.26 Å². The summed E-state index contributed by atoms with van der Waals surface area (Å²) in [5, 5.41) is 13.5. The lowest BCUT2D eigenvalue weighted by molar-refractivity contribution is 0.767. The lowest BCUT2D eigenvalue weighted by Crippen LogP contribution is -1.98. The van der Waals surface area contributed by atoms with Crippen LogP contribution in [0.1, 0.15) is 11.3 Å². The van der Waals surface area contributed by atoms with E-state index in [0.717, 1.165) is 16.8 Å². The van der Waals surface area contributed by atoms with Crippen molar-refractivity contribution in [3.63, 3.8) is 0 Å². The van der Waals surface area contributed by atoms with E-state index < -0.39 is 0 Å². The van der Waals surface area contributed by atoms with Crippen LogP contribution in [0.3, 0.4) is 0 Å². The Hall–Kier alpha value is -1.99. The molecular formula is C12H11ClN4. The van der Waals surface area contributed by atoms with E-state index >= 15 is 0 Å². The van der Waals surface area contributed by atoms with Gasteiger partial charge >= 0.3 is 0 Å². The molecule has 0 fully saturated rings. The molecule has 0 atom stereocenters. The highest BCUT2D eigenvalue weighted by Crippen LogP contribution is 2.34. The van der Waals surface area contributed by atoms with E-state index in [-0.39, 0.29) is 0 Å². The zero-order valence-corrected chi connectivity index (χ0v) is 10.3. The minimum absolute atomic E-state index is 0.506. The average Bonchev–Trinajstić information content (AvgIpc) is 2.54. The maximum absolute atomic E-state index is 8.79. The van der Waals surface area contributed by atoms with Crippen LogP contribution in [0.2, 0.25) is 5.02 Å². The molecule has 5 heteroatoms. The van der Waals surface area contributed by atoms with Crippen LogP contribution in [-0.4, -0.2) is 9.78 Å². The number of anilines is 1. The molecule has 0 radical (unpaired) electrons. The first-order chi connectivity index (χ1) is 8.04. The number of benzene rings is 1. The molecule has 0 aliphatic carbocycles. The molecule has 4 nitrogen and oxygen atoms in total. The summed E-state index contributed by atoms with van der Waals surface area (Å²) in [6.07, 6.45) is 0. The van der Waals surface area contributed by atoms with Crippen LogP contribution in [-0.2, 0) is 7.05 Å². The minimum Gasteiger partial charge on any atom is -0.383 e. The Morgan fingerprint density at radius 1 is 1.47 bits per heavy atom. The van der Waals surface area contributed by atoms with Gasteiger partial charge in [0.25, 0.3) is 0 Å². The summed E-state index contributed by atoms with van der Waals surface area (Å²) >= 11 is 6.15. The molecule has 0 spiro atoms. The highest BCUT2D eigenvalue weighted by atomic mass is 35.5. The number of nitrogens with zero attached hydrogens (tertiary/aromatic N) is 3. The van der Waals surface area contributed by atoms with Crippen molar-refractivity contribution in [2.75, 3.05) is 5.73 Å². The van der Waals surface area contributed by atoms with E-state index in [0.29, 0.717) is 16.4 Å². The van der Waals surface area contributed by atoms with Crippen LogP contribution >= 0.6 is 11.6 Å². The zero-order valence-electron chi connectivity index (χ0n) is 9.53. The fourth-order valence-electron chi connectivity index (χ4n) is 1.80. The third-order valence-corrected chi connectivity index (χ3v) is 2.95. The lowest BCUT2D eigenvalue weighted by atomic mass is 10.0. The minimum atomic E-state index is 0.506. The smallest absolute Gasteiger partial charge is 0.129 e. The molecule has 0 saturated heterocycles. The molecule has 2 N–H and O–H groups in total. The van der Waals surface area contributed by atoms with Gasteiger partial charge in [0.2, 0.25) is 0 Å². The molecule has 1 heterocycles. The second-order valence-electron chi connectivity index (χ2n) is 3.78. The maximum Gasteiger partial charge on any atom is 0.129 e. The summed E-state index contributed by atoms with van der Waals surface area (Å²) in [5.74, 6) is 0.564. The van der Waals surface area contributed by atoms with Crippen molar-refractivity contribution in [3.05, 3.63) is 34.5 Å². The molecule has 0 bridgehead atoms. The van der Waals surface area contributed by atoms with E-state index in [2.05, 4.69) is 5.10 Å². The van der Waals surface area contributed by atoms with Crippen molar-refractivity contribution in [2.24, 2.45) is 7.05 Å². The highest BCUT2D eigenvalue weighted by Gasteiger charge is 2.15. The van der Waals surface area contributed by atoms with Gasteiger partial charge in [-0.1, -0.05) is 17.7 Å². The van der Waals surface area contributed by atoms with Gasteiger partial charge in [0.1, 0.15) is 5.82 Å². The fourth-order valence-corrected chi connectivity index (χ4v) is 2.07. The van der Waals surface area contributed by atoms with Crippen LogP contribution in [0.25, 0.3) is 11.1 Å². The molecule has 17 heavy (non-hydrogen) atoms. The van der Waals surface area contributed by atoms with Crippen molar-refractivity contribution in [1.82, 2.24) is 9.78 Å². The molecule has 0 aliphatic heterocycles. The van der Waals surface area contributed by atoms with Gasteiger partial charge in [0.15, 0.2) is 0 Å². The van der Waals surface area contributed by atoms with Crippen LogP contribution in [0, 0.1) is 18.3 Å². The largest absolute Gasteiger partial charge is 0.383 e. The monoisotopic (exact) mass is 246 g/mol. The Morgan fingerprint density at radius 2 is 2.18 bits per heavy atom. The van der Waals surface area contributed by atoms with Gasteiger partial charge in [-0.25, -0.2) is 0 Å². The maximum atomic E-state index is 8.79. The molecule has 2 aromatic rings. The van der Waals surface area contributed by atoms with E-state index in [1.54, 1.807) is 29.9 Å². The summed E-state index contributed by atoms with van der Waals surface area (Å²) in [5.41, 5.74) is 8.92. The van der Waals surface area contributed by atoms with E-state index in [1.165, 1.54) is 0 Å². The average molecular weight is 247 g/mol. The normalized spacial score (nSPS) is 10.2. The van der Waals surface area contributed by atoms with Crippen molar-refractivity contribution in [2.45, 2.75) is 6.92 Å². The van der Waals surface area contributed by atoms with Gasteiger partial charge in [0, 0.05) is 23.2 Å². The van der Waals surface area contributed by atoms with Gasteiger partial charge in [-0.2, -0.15) is 10.4 Å². The second-order valence-corrected chi connectivity index (χ2v) is 4.18. The van der Waals surface area contributed by atoms with Gasteiger partial charge in [-0.3, -0.25) is 4.68 Å². The quantitative estimate of drug-likeness (QED) is 0.841. The first-order valence-corrected chi connectivity index (χ1v) is 5.41. The van der Waals surface area contributed by atoms with E-state index in [9.17, 15) is 0 Å². The summed E-state index contributed by atoms with van der Waals surface area (Å²) in [6, 6.07) is 7.18. The molecular weight excluding hydrogens is 236 g/mol. The lowest BCUT2D eigenvalue weighted by Gasteiger charge is -2.05. The molecule has 0 aliphatic rings. The summed E-state index contributed by atoms with van der Waals surface area (Å²) in [7, 11) is 1.78. The van der Waals surface area contributed by atoms with E-state index in [1.807, 2.05) is 13.0 Å². The Bertz CT molecular complexity index is 622. The number of nitriles is 1. The van der Waals surface area contributed by atoms with Crippen LogP contribution in [0.4, 0.5) is 5.82 Å². The van der Waals surface area contributed by atoms with Crippen molar-refractivity contribution >= 4 is 17.4 Å². The molecule has 2 rings (SSSR count). The SMILES string of the molecule is Cc1nn(C)c(N)c1-c1ccc(C#N)cc1Cl. The summed E-state index contributed by atoms with van der Waals surface area (Å²) in [6.45, 7) is 1.88. The Morgan fingerprint density at radius 3 is 2.65 bits per heavy atom. The number of nitrogen functional groups attached to an aromatic ring is 1. The van der Waals surface area contributed by atoms with Crippen LogP contribution in [0.15, 0.2) is 18.2 Å². The standard InChI is InChI=1S/C12H11ClN4/c1-7-11(12(15)17(2)16-7)9-4-3-8(6-14)5-10(9)13/h3-5H,15H2,1-2H3. The number of hydrogen-bond acceptors (Lipinski definition) is 3. The Labute approximate surface area is 104 Å². The van der Waals surface area contributed by atoms with Crippen LogP contribution in [0.5, 0.6) is 0 Å². The summed E-state index contributed by atoms with van der Waals surface area (Å²) in [4.78, 5) is 0. The molecule has 0 saturated carbocycles. The first kappa shape index (κ1) is 11.5. The van der Waals surface area contributed by atoms with Gasteiger partial charge in [-0.05, 0) is 19.1 Å². The highest BCUT2D eigenvalue weighted by molar-refractivity contribution is 6.33. The van der Waals surface area contributed by atoms with Crippen molar-refractivity contribution in [3.8, 4) is 17.2 Å². The van der Waals surface area contributed by atoms with Gasteiger partial charge in [0.05, 0.1) is 17.3 Å².